The smallest absolute Gasteiger partial charge is 0.312 e. The Morgan fingerprint density at radius 2 is 2.06 bits per heavy atom. The van der Waals surface area contributed by atoms with E-state index in [0.29, 0.717) is 12.5 Å². The molecular formula is C12H24N4O2. The first-order valence-electron chi connectivity index (χ1n) is 6.55. The number of carboxylic acid groups (broad SMARTS) is 1. The van der Waals surface area contributed by atoms with Crippen molar-refractivity contribution in [3.63, 3.8) is 0 Å². The third-order valence-electron chi connectivity index (χ3n) is 3.26. The van der Waals surface area contributed by atoms with Crippen molar-refractivity contribution in [2.24, 2.45) is 16.8 Å². The molecule has 0 saturated heterocycles. The number of nitrogens with two attached hydrogens (primary N) is 1. The van der Waals surface area contributed by atoms with E-state index in [0.717, 1.165) is 0 Å². The van der Waals surface area contributed by atoms with Gasteiger partial charge in [-0.05, 0) is 24.3 Å². The Balaban J connectivity index is 0.000000351. The summed E-state index contributed by atoms with van der Waals surface area (Å²) in [5.41, 5.74) is 13.7. The van der Waals surface area contributed by atoms with Gasteiger partial charge >= 0.3 is 5.97 Å². The molecule has 0 spiro atoms. The molecular weight excluding hydrogens is 232 g/mol. The van der Waals surface area contributed by atoms with Crippen LogP contribution in [0, 0.1) is 5.92 Å². The topological polar surface area (TPSA) is 112 Å². The molecule has 0 aliphatic heterocycles. The molecule has 0 unspecified atom stereocenters. The summed E-state index contributed by atoms with van der Waals surface area (Å²) in [6, 6.07) is -0.390. The summed E-state index contributed by atoms with van der Waals surface area (Å²) < 4.78 is 0. The molecule has 6 heteroatoms. The summed E-state index contributed by atoms with van der Waals surface area (Å²) in [7, 11) is 0. The third kappa shape index (κ3) is 7.14. The summed E-state index contributed by atoms with van der Waals surface area (Å²) in [5, 5.41) is 11.7. The lowest BCUT2D eigenvalue weighted by Gasteiger charge is -2.15. The zero-order valence-electron chi connectivity index (χ0n) is 11.2. The predicted molar refractivity (Wildman–Crippen MR) is 71.1 cm³/mol. The number of aliphatic carboxylic acids is 1. The zero-order chi connectivity index (χ0) is 14.0. The van der Waals surface area contributed by atoms with E-state index in [1.807, 2.05) is 6.92 Å². The van der Waals surface area contributed by atoms with E-state index in [1.165, 1.54) is 32.1 Å². The van der Waals surface area contributed by atoms with E-state index >= 15 is 0 Å². The van der Waals surface area contributed by atoms with Crippen molar-refractivity contribution in [2.75, 3.05) is 0 Å². The fraction of sp³-hybridized carbons (Fsp3) is 0.917. The molecule has 2 atom stereocenters. The zero-order valence-corrected chi connectivity index (χ0v) is 11.2. The van der Waals surface area contributed by atoms with E-state index in [-0.39, 0.29) is 5.92 Å². The highest BCUT2D eigenvalue weighted by Gasteiger charge is 2.21. The molecule has 0 radical (unpaired) electrons. The van der Waals surface area contributed by atoms with Crippen LogP contribution in [0.4, 0.5) is 0 Å². The monoisotopic (exact) mass is 256 g/mol. The molecule has 0 aromatic rings. The molecule has 1 rings (SSSR count). The van der Waals surface area contributed by atoms with Crippen molar-refractivity contribution in [1.82, 2.24) is 0 Å². The lowest BCUT2D eigenvalue weighted by molar-refractivity contribution is -0.139. The Bertz CT molecular complexity index is 282. The van der Waals surface area contributed by atoms with Crippen molar-refractivity contribution in [3.05, 3.63) is 10.4 Å². The summed E-state index contributed by atoms with van der Waals surface area (Å²) >= 11 is 0. The minimum absolute atomic E-state index is 0.108. The molecule has 1 fully saturated rings. The first kappa shape index (κ1) is 16.7. The highest BCUT2D eigenvalue weighted by Crippen LogP contribution is 2.14. The van der Waals surface area contributed by atoms with E-state index < -0.39 is 12.0 Å². The molecule has 0 aromatic carbocycles. The van der Waals surface area contributed by atoms with Crippen LogP contribution in [0.5, 0.6) is 0 Å². The molecule has 0 amide bonds. The number of rotatable bonds is 4. The summed E-state index contributed by atoms with van der Waals surface area (Å²) in [5.74, 6) is -1.17. The van der Waals surface area contributed by atoms with Crippen LogP contribution in [0.3, 0.4) is 0 Å². The van der Waals surface area contributed by atoms with Crippen molar-refractivity contribution in [3.8, 4) is 0 Å². The maximum absolute atomic E-state index is 10.4. The Morgan fingerprint density at radius 1 is 1.50 bits per heavy atom. The fourth-order valence-corrected chi connectivity index (χ4v) is 1.82. The maximum Gasteiger partial charge on any atom is 0.312 e. The summed E-state index contributed by atoms with van der Waals surface area (Å²) in [6.07, 6.45) is 7.35. The van der Waals surface area contributed by atoms with Crippen LogP contribution < -0.4 is 5.73 Å². The normalized spacial score (nSPS) is 18.8. The number of hydrogen-bond acceptors (Lipinski definition) is 3. The summed E-state index contributed by atoms with van der Waals surface area (Å²) in [6.45, 7) is 3.60. The predicted octanol–water partition coefficient (Wildman–Crippen LogP) is 3.07. The second-order valence-electron chi connectivity index (χ2n) is 4.77. The van der Waals surface area contributed by atoms with Crippen molar-refractivity contribution in [2.45, 2.75) is 64.5 Å². The average molecular weight is 256 g/mol. The lowest BCUT2D eigenvalue weighted by atomic mass is 9.97. The number of carboxylic acids is 1. The van der Waals surface area contributed by atoms with E-state index in [2.05, 4.69) is 10.0 Å². The van der Waals surface area contributed by atoms with E-state index in [4.69, 9.17) is 16.4 Å². The standard InChI is InChI=1S/C6H11N3O2.C6H13N/c1-3-4(2)5(6(10)11)8-9-7;7-6-4-2-1-3-5-6/h4-5H,3H2,1-2H3,(H,10,11);6H,1-5,7H2/t4-,5-;/m0./s1. The van der Waals surface area contributed by atoms with Crippen LogP contribution >= 0.6 is 0 Å². The van der Waals surface area contributed by atoms with Crippen LogP contribution in [0.15, 0.2) is 5.11 Å². The largest absolute Gasteiger partial charge is 0.481 e. The highest BCUT2D eigenvalue weighted by molar-refractivity contribution is 5.73. The van der Waals surface area contributed by atoms with E-state index in [1.54, 1.807) is 6.92 Å². The van der Waals surface area contributed by atoms with Crippen LogP contribution in [0.25, 0.3) is 10.4 Å². The third-order valence-corrected chi connectivity index (χ3v) is 3.26. The molecule has 3 N–H and O–H groups in total. The van der Waals surface area contributed by atoms with Gasteiger partial charge in [0, 0.05) is 11.0 Å². The second-order valence-corrected chi connectivity index (χ2v) is 4.77. The Labute approximate surface area is 108 Å². The van der Waals surface area contributed by atoms with Crippen LogP contribution in [-0.2, 0) is 4.79 Å². The number of hydrogen-bond donors (Lipinski definition) is 2. The van der Waals surface area contributed by atoms with Crippen LogP contribution in [-0.4, -0.2) is 23.2 Å². The van der Waals surface area contributed by atoms with Gasteiger partial charge in [-0.25, -0.2) is 0 Å². The van der Waals surface area contributed by atoms with Gasteiger partial charge in [0.25, 0.3) is 0 Å². The lowest BCUT2D eigenvalue weighted by Crippen LogP contribution is -2.24. The molecule has 104 valence electrons. The molecule has 0 aromatic heterocycles. The van der Waals surface area contributed by atoms with Crippen molar-refractivity contribution >= 4 is 5.97 Å². The van der Waals surface area contributed by atoms with Gasteiger partial charge in [0.2, 0.25) is 0 Å². The quantitative estimate of drug-likeness (QED) is 0.457. The van der Waals surface area contributed by atoms with Gasteiger partial charge in [-0.2, -0.15) is 0 Å². The van der Waals surface area contributed by atoms with E-state index in [9.17, 15) is 4.79 Å². The summed E-state index contributed by atoms with van der Waals surface area (Å²) in [4.78, 5) is 12.9. The van der Waals surface area contributed by atoms with Gasteiger partial charge in [0.15, 0.2) is 0 Å². The molecule has 1 aliphatic carbocycles. The van der Waals surface area contributed by atoms with Gasteiger partial charge in [0.05, 0.1) is 0 Å². The second kappa shape index (κ2) is 9.74. The molecule has 1 aliphatic rings. The molecule has 18 heavy (non-hydrogen) atoms. The maximum atomic E-state index is 10.4. The first-order chi connectivity index (χ1) is 8.52. The van der Waals surface area contributed by atoms with Gasteiger partial charge in [0.1, 0.15) is 6.04 Å². The molecule has 6 nitrogen and oxygen atoms in total. The minimum Gasteiger partial charge on any atom is -0.481 e. The van der Waals surface area contributed by atoms with Crippen LogP contribution in [0.2, 0.25) is 0 Å². The first-order valence-corrected chi connectivity index (χ1v) is 6.55. The highest BCUT2D eigenvalue weighted by atomic mass is 16.4. The van der Waals surface area contributed by atoms with Gasteiger partial charge in [-0.15, -0.1) is 0 Å². The van der Waals surface area contributed by atoms with Crippen molar-refractivity contribution < 1.29 is 9.90 Å². The average Bonchev–Trinajstić information content (AvgIpc) is 2.36. The molecule has 0 heterocycles. The van der Waals surface area contributed by atoms with Gasteiger partial charge in [-0.1, -0.05) is 44.6 Å². The van der Waals surface area contributed by atoms with Gasteiger partial charge in [-0.3, -0.25) is 4.79 Å². The van der Waals surface area contributed by atoms with Gasteiger partial charge < -0.3 is 10.8 Å². The fourth-order valence-electron chi connectivity index (χ4n) is 1.82. The van der Waals surface area contributed by atoms with Crippen LogP contribution in [0.1, 0.15) is 52.4 Å². The number of azide groups is 1. The SMILES string of the molecule is CC[C@H](C)[C@H](N=[N+]=[N-])C(=O)O.NC1CCCCC1. The molecule has 1 saturated carbocycles. The number of nitrogens with zero attached hydrogens (tertiary/aromatic N) is 3. The van der Waals surface area contributed by atoms with Crippen molar-refractivity contribution in [1.29, 1.82) is 0 Å². The Kier molecular flexibility index (Phi) is 9.06. The molecule has 0 bridgehead atoms. The Hall–Kier alpha value is -1.26. The Morgan fingerprint density at radius 3 is 2.33 bits per heavy atom. The minimum atomic E-state index is -1.06. The number of carbonyl (C=O) groups is 1.